The van der Waals surface area contributed by atoms with Gasteiger partial charge < -0.3 is 15.3 Å². The Morgan fingerprint density at radius 2 is 1.43 bits per heavy atom. The molecule has 40 heavy (non-hydrogen) atoms. The number of carbonyl (C=O) groups excluding carboxylic acids is 2. The van der Waals surface area contributed by atoms with Crippen molar-refractivity contribution in [1.29, 1.82) is 0 Å². The van der Waals surface area contributed by atoms with Crippen LogP contribution in [0.2, 0.25) is 0 Å². The van der Waals surface area contributed by atoms with E-state index in [2.05, 4.69) is 12.2 Å². The quantitative estimate of drug-likeness (QED) is 0.412. The van der Waals surface area contributed by atoms with Gasteiger partial charge in [0.05, 0.1) is 0 Å². The second-order valence-corrected chi connectivity index (χ2v) is 10.9. The minimum Gasteiger partial charge on any atom is -0.369 e. The molecule has 4 rings (SSSR count). The number of benzene rings is 2. The highest BCUT2D eigenvalue weighted by Gasteiger charge is 2.71. The van der Waals surface area contributed by atoms with Crippen LogP contribution in [-0.2, 0) is 16.9 Å². The zero-order valence-corrected chi connectivity index (χ0v) is 21.9. The van der Waals surface area contributed by atoms with Gasteiger partial charge in [-0.25, -0.2) is 0 Å². The molecule has 0 atom stereocenters. The molecule has 2 fully saturated rings. The number of hydrogen-bond acceptors (Lipinski definition) is 4. The average Bonchev–Trinajstić information content (AvgIpc) is 3.64. The Morgan fingerprint density at radius 3 is 1.93 bits per heavy atom. The van der Waals surface area contributed by atoms with Crippen molar-refractivity contribution < 1.29 is 41.0 Å². The van der Waals surface area contributed by atoms with Crippen molar-refractivity contribution in [1.82, 2.24) is 9.80 Å². The molecule has 2 N–H and O–H groups in total. The second kappa shape index (κ2) is 11.0. The summed E-state index contributed by atoms with van der Waals surface area (Å²) in [5.74, 6) is -0.239. The first-order chi connectivity index (χ1) is 18.6. The van der Waals surface area contributed by atoms with E-state index < -0.39 is 23.5 Å². The van der Waals surface area contributed by atoms with Crippen molar-refractivity contribution in [2.45, 2.75) is 57.1 Å². The van der Waals surface area contributed by atoms with Crippen molar-refractivity contribution >= 4 is 17.5 Å². The van der Waals surface area contributed by atoms with Gasteiger partial charge in [-0.2, -0.15) is 26.3 Å². The Balaban J connectivity index is 1.27. The largest absolute Gasteiger partial charge is 0.430 e. The zero-order chi connectivity index (χ0) is 29.3. The number of alkyl halides is 6. The van der Waals surface area contributed by atoms with Crippen LogP contribution in [0.1, 0.15) is 54.1 Å². The van der Waals surface area contributed by atoms with Crippen LogP contribution in [-0.4, -0.2) is 65.3 Å². The lowest BCUT2D eigenvalue weighted by Crippen LogP contribution is -2.53. The lowest BCUT2D eigenvalue weighted by Gasteiger charge is -2.35. The van der Waals surface area contributed by atoms with Crippen LogP contribution in [0.5, 0.6) is 0 Å². The molecule has 6 nitrogen and oxygen atoms in total. The first-order valence-corrected chi connectivity index (χ1v) is 13.0. The molecule has 12 heteroatoms. The van der Waals surface area contributed by atoms with Gasteiger partial charge in [0, 0.05) is 56.0 Å². The summed E-state index contributed by atoms with van der Waals surface area (Å²) in [7, 11) is 0. The van der Waals surface area contributed by atoms with Crippen molar-refractivity contribution in [3.8, 4) is 0 Å². The molecule has 0 unspecified atom stereocenters. The van der Waals surface area contributed by atoms with Crippen LogP contribution in [0.25, 0.3) is 0 Å². The van der Waals surface area contributed by atoms with Gasteiger partial charge in [-0.15, -0.1) is 0 Å². The smallest absolute Gasteiger partial charge is 0.369 e. The molecule has 1 saturated carbocycles. The van der Waals surface area contributed by atoms with E-state index in [1.54, 1.807) is 29.2 Å². The number of rotatable bonds is 8. The van der Waals surface area contributed by atoms with Crippen LogP contribution in [0.4, 0.5) is 32.0 Å². The summed E-state index contributed by atoms with van der Waals surface area (Å²) in [5, 5.41) is 12.4. The maximum absolute atomic E-state index is 13.1. The number of amides is 2. The van der Waals surface area contributed by atoms with E-state index >= 15 is 0 Å². The molecular weight excluding hydrogens is 540 g/mol. The number of nitrogens with one attached hydrogen (secondary N) is 1. The molecule has 0 bridgehead atoms. The Labute approximate surface area is 227 Å². The highest BCUT2D eigenvalue weighted by Crippen LogP contribution is 2.50. The summed E-state index contributed by atoms with van der Waals surface area (Å²) in [5.41, 5.74) is -4.41. The SMILES string of the molecule is CC1(CCC(=O)Nc2ccc(C(=O)N3CCN(Cc4ccc(C(O)(C(F)(F)F)C(F)(F)F)cc4)CC3)cc2)CC1. The highest BCUT2D eigenvalue weighted by molar-refractivity contribution is 5.96. The van der Waals surface area contributed by atoms with E-state index in [0.717, 1.165) is 31.4 Å². The predicted molar refractivity (Wildman–Crippen MR) is 135 cm³/mol. The molecular formula is C28H31F6N3O3. The van der Waals surface area contributed by atoms with Gasteiger partial charge in [-0.05, 0) is 54.5 Å². The van der Waals surface area contributed by atoms with Crippen molar-refractivity contribution in [2.24, 2.45) is 5.41 Å². The standard InChI is InChI=1S/C28H31F6N3O3/c1-25(12-13-25)11-10-23(38)35-22-8-4-20(5-9-22)24(39)37-16-14-36(15-17-37)18-19-2-6-21(7-3-19)26(40,27(29,30)31)28(32,33)34/h2-9,40H,10-18H2,1H3,(H,35,38). The highest BCUT2D eigenvalue weighted by atomic mass is 19.4. The molecule has 1 saturated heterocycles. The summed E-state index contributed by atoms with van der Waals surface area (Å²) >= 11 is 0. The minimum absolute atomic E-state index is 0.0608. The first kappa shape index (κ1) is 29.9. The van der Waals surface area contributed by atoms with Crippen molar-refractivity contribution in [2.75, 3.05) is 31.5 Å². The molecule has 218 valence electrons. The zero-order valence-electron chi connectivity index (χ0n) is 21.9. The van der Waals surface area contributed by atoms with Crippen LogP contribution >= 0.6 is 0 Å². The van der Waals surface area contributed by atoms with Crippen molar-refractivity contribution in [3.05, 3.63) is 65.2 Å². The van der Waals surface area contributed by atoms with Gasteiger partial charge in [-0.1, -0.05) is 31.2 Å². The summed E-state index contributed by atoms with van der Waals surface area (Å²) in [6, 6.07) is 10.2. The first-order valence-electron chi connectivity index (χ1n) is 13.0. The number of halogens is 6. The average molecular weight is 572 g/mol. The van der Waals surface area contributed by atoms with Gasteiger partial charge in [-0.3, -0.25) is 14.5 Å². The monoisotopic (exact) mass is 571 g/mol. The third-order valence-corrected chi connectivity index (χ3v) is 7.73. The maximum atomic E-state index is 13.1. The lowest BCUT2D eigenvalue weighted by atomic mass is 9.91. The third-order valence-electron chi connectivity index (χ3n) is 7.73. The topological polar surface area (TPSA) is 72.9 Å². The lowest BCUT2D eigenvalue weighted by molar-refractivity contribution is -0.376. The van der Waals surface area contributed by atoms with Crippen molar-refractivity contribution in [3.63, 3.8) is 0 Å². The van der Waals surface area contributed by atoms with E-state index in [9.17, 15) is 41.0 Å². The van der Waals surface area contributed by atoms with Gasteiger partial charge in [0.2, 0.25) is 5.91 Å². The van der Waals surface area contributed by atoms with Gasteiger partial charge in [0.25, 0.3) is 11.5 Å². The fraction of sp³-hybridized carbons (Fsp3) is 0.500. The Morgan fingerprint density at radius 1 is 0.875 bits per heavy atom. The summed E-state index contributed by atoms with van der Waals surface area (Å²) in [6.45, 7) is 4.10. The molecule has 0 radical (unpaired) electrons. The van der Waals surface area contributed by atoms with Gasteiger partial charge in [0.1, 0.15) is 0 Å². The molecule has 2 amide bonds. The number of piperazine rings is 1. The number of aliphatic hydroxyl groups is 1. The molecule has 2 aromatic carbocycles. The fourth-order valence-electron chi connectivity index (χ4n) is 4.69. The molecule has 2 aromatic rings. The van der Waals surface area contributed by atoms with Gasteiger partial charge in [0.15, 0.2) is 0 Å². The van der Waals surface area contributed by atoms with Crippen LogP contribution in [0, 0.1) is 5.41 Å². The van der Waals surface area contributed by atoms with E-state index in [1.165, 1.54) is 0 Å². The number of carbonyl (C=O) groups is 2. The molecule has 0 aromatic heterocycles. The number of anilines is 1. The van der Waals surface area contributed by atoms with Crippen LogP contribution in [0.15, 0.2) is 48.5 Å². The summed E-state index contributed by atoms with van der Waals surface area (Å²) < 4.78 is 78.6. The minimum atomic E-state index is -5.93. The normalized spacial score (nSPS) is 17.9. The number of nitrogens with zero attached hydrogens (tertiary/aromatic N) is 2. The van der Waals surface area contributed by atoms with E-state index in [0.29, 0.717) is 67.0 Å². The maximum Gasteiger partial charge on any atom is 0.430 e. The Bertz CT molecular complexity index is 1190. The molecule has 1 aliphatic heterocycles. The van der Waals surface area contributed by atoms with Crippen LogP contribution < -0.4 is 5.32 Å². The van der Waals surface area contributed by atoms with E-state index in [4.69, 9.17) is 0 Å². The molecule has 0 spiro atoms. The molecule has 1 heterocycles. The Kier molecular flexibility index (Phi) is 8.24. The predicted octanol–water partition coefficient (Wildman–Crippen LogP) is 5.48. The molecule has 1 aliphatic carbocycles. The second-order valence-electron chi connectivity index (χ2n) is 10.9. The van der Waals surface area contributed by atoms with Crippen LogP contribution in [0.3, 0.4) is 0 Å². The van der Waals surface area contributed by atoms with Gasteiger partial charge >= 0.3 is 12.4 Å². The molecule has 2 aliphatic rings. The number of hydrogen-bond donors (Lipinski definition) is 2. The summed E-state index contributed by atoms with van der Waals surface area (Å²) in [4.78, 5) is 28.7. The third kappa shape index (κ3) is 6.60. The van der Waals surface area contributed by atoms with E-state index in [-0.39, 0.29) is 18.4 Å². The fourth-order valence-corrected chi connectivity index (χ4v) is 4.69. The van der Waals surface area contributed by atoms with E-state index in [1.807, 2.05) is 4.90 Å². The summed E-state index contributed by atoms with van der Waals surface area (Å²) in [6.07, 6.45) is -8.25. The Hall–Kier alpha value is -3.12.